The molecule has 6 aromatic rings. The molecule has 0 aliphatic rings. The van der Waals surface area contributed by atoms with Crippen molar-refractivity contribution in [1.82, 2.24) is 34.7 Å². The molecule has 0 unspecified atom stereocenters. The lowest BCUT2D eigenvalue weighted by atomic mass is 10.1. The highest BCUT2D eigenvalue weighted by molar-refractivity contribution is 7.90. The van der Waals surface area contributed by atoms with Crippen molar-refractivity contribution in [2.24, 2.45) is 7.05 Å². The maximum absolute atomic E-state index is 13.6. The van der Waals surface area contributed by atoms with Gasteiger partial charge in [0.25, 0.3) is 5.91 Å². The molecule has 1 N–H and O–H groups in total. The Morgan fingerprint density at radius 3 is 2.56 bits per heavy atom. The summed E-state index contributed by atoms with van der Waals surface area (Å²) in [6.45, 7) is 0.255. The number of rotatable bonds is 8. The lowest BCUT2D eigenvalue weighted by Crippen LogP contribution is -2.23. The zero-order valence-corrected chi connectivity index (χ0v) is 23.2. The molecule has 6 rings (SSSR count). The van der Waals surface area contributed by atoms with Crippen LogP contribution in [0, 0.1) is 5.82 Å². The molecule has 0 atom stereocenters. The summed E-state index contributed by atoms with van der Waals surface area (Å²) in [6.07, 6.45) is 7.05. The zero-order chi connectivity index (χ0) is 28.6. The fourth-order valence-electron chi connectivity index (χ4n) is 4.31. The van der Waals surface area contributed by atoms with Crippen LogP contribution in [0.15, 0.2) is 90.3 Å². The van der Waals surface area contributed by atoms with Crippen molar-refractivity contribution in [3.63, 3.8) is 0 Å². The summed E-state index contributed by atoms with van der Waals surface area (Å²) in [4.78, 5) is 17.4. The average molecular weight is 588 g/mol. The molecule has 0 fully saturated rings. The summed E-state index contributed by atoms with van der Waals surface area (Å²) in [7, 11) is -2.17. The van der Waals surface area contributed by atoms with Crippen LogP contribution >= 0.6 is 11.3 Å². The third-order valence-electron chi connectivity index (χ3n) is 6.35. The van der Waals surface area contributed by atoms with Gasteiger partial charge in [0, 0.05) is 55.1 Å². The van der Waals surface area contributed by atoms with Gasteiger partial charge in [-0.05, 0) is 66.2 Å². The Labute approximate surface area is 238 Å². The quantitative estimate of drug-likeness (QED) is 0.282. The van der Waals surface area contributed by atoms with E-state index in [0.717, 1.165) is 22.5 Å². The van der Waals surface area contributed by atoms with Gasteiger partial charge >= 0.3 is 0 Å². The summed E-state index contributed by atoms with van der Waals surface area (Å²) in [5.41, 5.74) is 3.15. The number of hydrogen-bond donors (Lipinski definition) is 1. The molecular weight excluding hydrogens is 565 g/mol. The van der Waals surface area contributed by atoms with Gasteiger partial charge in [0.05, 0.1) is 16.3 Å². The average Bonchev–Trinajstić information content (AvgIpc) is 3.73. The third kappa shape index (κ3) is 5.62. The molecule has 0 saturated heterocycles. The summed E-state index contributed by atoms with van der Waals surface area (Å²) in [5, 5.41) is 16.3. The monoisotopic (exact) mass is 587 g/mol. The van der Waals surface area contributed by atoms with Crippen LogP contribution in [0.4, 0.5) is 4.39 Å². The van der Waals surface area contributed by atoms with E-state index in [4.69, 9.17) is 0 Å². The second-order valence-electron chi connectivity index (χ2n) is 9.28. The lowest BCUT2D eigenvalue weighted by Gasteiger charge is -2.11. The van der Waals surface area contributed by atoms with E-state index in [1.54, 1.807) is 37.6 Å². The summed E-state index contributed by atoms with van der Waals surface area (Å²) in [6, 6.07) is 15.6. The highest BCUT2D eigenvalue weighted by Gasteiger charge is 2.25. The minimum absolute atomic E-state index is 0.00580. The number of aryl methyl sites for hydroxylation is 1. The molecule has 41 heavy (non-hydrogen) atoms. The molecule has 4 heterocycles. The van der Waals surface area contributed by atoms with Gasteiger partial charge < -0.3 is 9.72 Å². The number of amides is 1. The van der Waals surface area contributed by atoms with Gasteiger partial charge in [0.2, 0.25) is 0 Å². The van der Waals surface area contributed by atoms with Gasteiger partial charge in [-0.2, -0.15) is 5.10 Å². The fraction of sp³-hybridized carbons (Fsp3) is 0.107. The Balaban J connectivity index is 1.34. The molecule has 0 bridgehead atoms. The molecule has 2 aromatic carbocycles. The smallest absolute Gasteiger partial charge is 0.251 e. The van der Waals surface area contributed by atoms with Crippen LogP contribution in [0.1, 0.15) is 21.6 Å². The van der Waals surface area contributed by atoms with Crippen molar-refractivity contribution in [2.45, 2.75) is 17.2 Å². The number of aromatic nitrogens is 6. The third-order valence-corrected chi connectivity index (χ3v) is 9.05. The van der Waals surface area contributed by atoms with E-state index in [-0.39, 0.29) is 40.0 Å². The number of imidazole rings is 1. The maximum atomic E-state index is 13.6. The minimum atomic E-state index is -3.88. The topological polar surface area (TPSA) is 124 Å². The first-order valence-corrected chi connectivity index (χ1v) is 14.9. The molecule has 10 nitrogen and oxygen atoms in total. The maximum Gasteiger partial charge on any atom is 0.251 e. The van der Waals surface area contributed by atoms with Crippen molar-refractivity contribution in [1.29, 1.82) is 0 Å². The van der Waals surface area contributed by atoms with Crippen molar-refractivity contribution in [2.75, 3.05) is 0 Å². The van der Waals surface area contributed by atoms with Crippen LogP contribution in [-0.2, 0) is 29.2 Å². The number of sulfone groups is 1. The number of carbonyl (C=O) groups excluding carboxylic acids is 1. The van der Waals surface area contributed by atoms with Crippen LogP contribution in [0.5, 0.6) is 0 Å². The number of hydrogen-bond acceptors (Lipinski definition) is 8. The normalized spacial score (nSPS) is 11.7. The van der Waals surface area contributed by atoms with E-state index in [1.165, 1.54) is 35.0 Å². The molecular formula is C28H22FN7O3S2. The number of nitrogens with one attached hydrogen (secondary N) is 1. The van der Waals surface area contributed by atoms with Crippen molar-refractivity contribution in [3.05, 3.63) is 108 Å². The molecule has 4 aromatic heterocycles. The predicted octanol–water partition coefficient (Wildman–Crippen LogP) is 4.30. The van der Waals surface area contributed by atoms with Gasteiger partial charge in [0.15, 0.2) is 9.84 Å². The van der Waals surface area contributed by atoms with Crippen LogP contribution in [0.25, 0.3) is 26.8 Å². The molecule has 0 saturated carbocycles. The number of nitrogens with zero attached hydrogens (tertiary/aromatic N) is 6. The lowest BCUT2D eigenvalue weighted by molar-refractivity contribution is 0.0951. The van der Waals surface area contributed by atoms with E-state index in [0.29, 0.717) is 21.3 Å². The number of pyridine rings is 1. The molecule has 206 valence electrons. The Hall–Kier alpha value is -4.75. The largest absolute Gasteiger partial charge is 0.348 e. The summed E-state index contributed by atoms with van der Waals surface area (Å²) in [5.74, 6) is -1.09. The Bertz CT molecular complexity index is 2000. The standard InChI is InChI=1S/C28H22FN7O3S2/c1-35-11-9-22(34-35)17-41(38,39)24-7-4-20(26(37)31-16-18-8-12-36-13-10-30-25(36)14-18)15-23(24)28-33-32-27(40-28)19-2-5-21(29)6-3-19/h2-15H,16-17H2,1H3,(H,31,37). The summed E-state index contributed by atoms with van der Waals surface area (Å²) >= 11 is 1.15. The number of carbonyl (C=O) groups is 1. The first-order valence-electron chi connectivity index (χ1n) is 12.4. The minimum Gasteiger partial charge on any atom is -0.348 e. The first kappa shape index (κ1) is 26.5. The van der Waals surface area contributed by atoms with Gasteiger partial charge in [-0.1, -0.05) is 11.3 Å². The highest BCUT2D eigenvalue weighted by Crippen LogP contribution is 2.35. The predicted molar refractivity (Wildman–Crippen MR) is 151 cm³/mol. The second kappa shape index (κ2) is 10.7. The number of halogens is 1. The van der Waals surface area contributed by atoms with Crippen LogP contribution < -0.4 is 5.32 Å². The van der Waals surface area contributed by atoms with E-state index in [1.807, 2.05) is 28.9 Å². The van der Waals surface area contributed by atoms with Crippen molar-refractivity contribution in [3.8, 4) is 21.1 Å². The molecule has 1 amide bonds. The SMILES string of the molecule is Cn1ccc(CS(=O)(=O)c2ccc(C(=O)NCc3ccn4ccnc4c3)cc2-c2nnc(-c3ccc(F)cc3)s2)n1. The van der Waals surface area contributed by atoms with Crippen LogP contribution in [-0.4, -0.2) is 43.7 Å². The van der Waals surface area contributed by atoms with Crippen molar-refractivity contribution >= 4 is 32.7 Å². The van der Waals surface area contributed by atoms with E-state index < -0.39 is 9.84 Å². The number of benzene rings is 2. The first-order chi connectivity index (χ1) is 19.7. The van der Waals surface area contributed by atoms with Crippen LogP contribution in [0.2, 0.25) is 0 Å². The van der Waals surface area contributed by atoms with Crippen LogP contribution in [0.3, 0.4) is 0 Å². The van der Waals surface area contributed by atoms with Gasteiger partial charge in [-0.15, -0.1) is 10.2 Å². The van der Waals surface area contributed by atoms with Gasteiger partial charge in [-0.25, -0.2) is 17.8 Å². The van der Waals surface area contributed by atoms with Gasteiger partial charge in [0.1, 0.15) is 21.5 Å². The Morgan fingerprint density at radius 1 is 0.976 bits per heavy atom. The van der Waals surface area contributed by atoms with E-state index in [2.05, 4.69) is 25.6 Å². The Morgan fingerprint density at radius 2 is 1.78 bits per heavy atom. The molecule has 0 spiro atoms. The summed E-state index contributed by atoms with van der Waals surface area (Å²) < 4.78 is 43.9. The molecule has 13 heteroatoms. The van der Waals surface area contributed by atoms with E-state index >= 15 is 0 Å². The molecule has 0 aliphatic heterocycles. The highest BCUT2D eigenvalue weighted by atomic mass is 32.2. The second-order valence-corrected chi connectivity index (χ2v) is 12.2. The zero-order valence-electron chi connectivity index (χ0n) is 21.6. The molecule has 0 aliphatic carbocycles. The van der Waals surface area contributed by atoms with E-state index in [9.17, 15) is 17.6 Å². The Kier molecular flexibility index (Phi) is 6.89. The number of fused-ring (bicyclic) bond motifs is 1. The van der Waals surface area contributed by atoms with Gasteiger partial charge in [-0.3, -0.25) is 9.48 Å². The fourth-order valence-corrected chi connectivity index (χ4v) is 6.72. The molecule has 0 radical (unpaired) electrons. The van der Waals surface area contributed by atoms with Crippen molar-refractivity contribution < 1.29 is 17.6 Å².